The molecule has 1 aromatic rings. The summed E-state index contributed by atoms with van der Waals surface area (Å²) in [5.74, 6) is 0. The van der Waals surface area contributed by atoms with Crippen LogP contribution in [-0.2, 0) is 8.85 Å². The van der Waals surface area contributed by atoms with Crippen LogP contribution in [0, 0.1) is 0 Å². The van der Waals surface area contributed by atoms with Gasteiger partial charge in [-0.15, -0.1) is 0 Å². The molecule has 0 unspecified atom stereocenters. The summed E-state index contributed by atoms with van der Waals surface area (Å²) in [6, 6.07) is 10.2. The molecular weight excluding hydrogens is 242 g/mol. The van der Waals surface area contributed by atoms with E-state index in [9.17, 15) is 0 Å². The second-order valence-electron chi connectivity index (χ2n) is 4.29. The third-order valence-corrected chi connectivity index (χ3v) is 6.82. The molecule has 3 nitrogen and oxygen atoms in total. The Kier molecular flexibility index (Phi) is 6.57. The van der Waals surface area contributed by atoms with Crippen molar-refractivity contribution >= 4 is 13.7 Å². The molecule has 0 aromatic heterocycles. The average molecular weight is 267 g/mol. The van der Waals surface area contributed by atoms with Crippen LogP contribution < -0.4 is 10.9 Å². The largest absolute Gasteiger partial charge is 0.390 e. The molecule has 0 spiro atoms. The minimum absolute atomic E-state index is 0.0233. The van der Waals surface area contributed by atoms with Gasteiger partial charge in [-0.25, -0.2) is 0 Å². The van der Waals surface area contributed by atoms with Crippen molar-refractivity contribution in [3.8, 4) is 0 Å². The molecule has 0 saturated heterocycles. The molecule has 0 aliphatic heterocycles. The zero-order chi connectivity index (χ0) is 13.4. The highest BCUT2D eigenvalue weighted by Crippen LogP contribution is 2.16. The molecule has 2 N–H and O–H groups in total. The summed E-state index contributed by atoms with van der Waals surface area (Å²) in [6.07, 6.45) is 1.98. The van der Waals surface area contributed by atoms with Gasteiger partial charge in [0.25, 0.3) is 0 Å². The lowest BCUT2D eigenvalue weighted by atomic mass is 10.3. The van der Waals surface area contributed by atoms with E-state index in [0.29, 0.717) is 13.2 Å². The maximum Gasteiger partial charge on any atom is 0.389 e. The SMILES string of the molecule is CCC[C@@H](N)[Si](OCC)(OCC)c1ccccc1. The lowest BCUT2D eigenvalue weighted by Gasteiger charge is -2.35. The number of nitrogens with two attached hydrogens (primary N) is 1. The Hall–Kier alpha value is -0.683. The Morgan fingerprint density at radius 1 is 1.06 bits per heavy atom. The molecule has 0 amide bonds. The van der Waals surface area contributed by atoms with E-state index in [1.54, 1.807) is 0 Å². The van der Waals surface area contributed by atoms with Gasteiger partial charge in [0.2, 0.25) is 0 Å². The topological polar surface area (TPSA) is 44.5 Å². The highest BCUT2D eigenvalue weighted by Gasteiger charge is 2.45. The van der Waals surface area contributed by atoms with E-state index >= 15 is 0 Å². The van der Waals surface area contributed by atoms with E-state index in [1.165, 1.54) is 0 Å². The molecule has 0 radical (unpaired) electrons. The minimum atomic E-state index is -2.52. The van der Waals surface area contributed by atoms with Gasteiger partial charge in [-0.05, 0) is 25.5 Å². The van der Waals surface area contributed by atoms with Gasteiger partial charge in [-0.2, -0.15) is 0 Å². The first-order valence-electron chi connectivity index (χ1n) is 6.80. The van der Waals surface area contributed by atoms with E-state index < -0.39 is 8.56 Å². The Labute approximate surface area is 112 Å². The molecule has 18 heavy (non-hydrogen) atoms. The van der Waals surface area contributed by atoms with Crippen LogP contribution in [0.5, 0.6) is 0 Å². The predicted molar refractivity (Wildman–Crippen MR) is 78.0 cm³/mol. The third kappa shape index (κ3) is 3.42. The van der Waals surface area contributed by atoms with Crippen molar-refractivity contribution < 1.29 is 8.85 Å². The fraction of sp³-hybridized carbons (Fsp3) is 0.571. The van der Waals surface area contributed by atoms with Crippen LogP contribution in [0.4, 0.5) is 0 Å². The average Bonchev–Trinajstić information content (AvgIpc) is 2.39. The highest BCUT2D eigenvalue weighted by molar-refractivity contribution is 6.82. The van der Waals surface area contributed by atoms with Gasteiger partial charge in [-0.3, -0.25) is 0 Å². The van der Waals surface area contributed by atoms with Crippen LogP contribution in [0.25, 0.3) is 0 Å². The van der Waals surface area contributed by atoms with Gasteiger partial charge < -0.3 is 14.6 Å². The minimum Gasteiger partial charge on any atom is -0.390 e. The maximum absolute atomic E-state index is 6.38. The summed E-state index contributed by atoms with van der Waals surface area (Å²) < 4.78 is 12.1. The Morgan fingerprint density at radius 2 is 1.61 bits per heavy atom. The van der Waals surface area contributed by atoms with Gasteiger partial charge >= 0.3 is 8.56 Å². The smallest absolute Gasteiger partial charge is 0.389 e. The lowest BCUT2D eigenvalue weighted by Crippen LogP contribution is -2.66. The molecule has 1 aromatic carbocycles. The van der Waals surface area contributed by atoms with Crippen molar-refractivity contribution in [3.05, 3.63) is 30.3 Å². The molecule has 0 heterocycles. The van der Waals surface area contributed by atoms with Crippen molar-refractivity contribution in [2.24, 2.45) is 5.73 Å². The standard InChI is InChI=1S/C14H25NO2Si/c1-4-10-14(15)18(16-5-2,17-6-3)13-11-8-7-9-12-13/h7-9,11-12,14H,4-6,10,15H2,1-3H3/t14-/m0/s1. The molecule has 0 aliphatic rings. The zero-order valence-corrected chi connectivity index (χ0v) is 12.7. The Bertz CT molecular complexity index is 326. The van der Waals surface area contributed by atoms with Crippen LogP contribution in [0.1, 0.15) is 33.6 Å². The van der Waals surface area contributed by atoms with Crippen LogP contribution in [0.2, 0.25) is 0 Å². The molecule has 1 rings (SSSR count). The van der Waals surface area contributed by atoms with Crippen LogP contribution in [-0.4, -0.2) is 27.4 Å². The maximum atomic E-state index is 6.38. The van der Waals surface area contributed by atoms with Crippen LogP contribution >= 0.6 is 0 Å². The van der Waals surface area contributed by atoms with Crippen LogP contribution in [0.3, 0.4) is 0 Å². The van der Waals surface area contributed by atoms with E-state index in [1.807, 2.05) is 32.0 Å². The van der Waals surface area contributed by atoms with Crippen molar-refractivity contribution in [1.29, 1.82) is 0 Å². The number of rotatable bonds is 8. The van der Waals surface area contributed by atoms with Gasteiger partial charge in [-0.1, -0.05) is 43.7 Å². The predicted octanol–water partition coefficient (Wildman–Crippen LogP) is 2.08. The highest BCUT2D eigenvalue weighted by atomic mass is 28.4. The van der Waals surface area contributed by atoms with E-state index in [0.717, 1.165) is 18.0 Å². The summed E-state index contributed by atoms with van der Waals surface area (Å²) in [7, 11) is -2.52. The van der Waals surface area contributed by atoms with Crippen LogP contribution in [0.15, 0.2) is 30.3 Å². The zero-order valence-electron chi connectivity index (χ0n) is 11.7. The monoisotopic (exact) mass is 267 g/mol. The van der Waals surface area contributed by atoms with Gasteiger partial charge in [0, 0.05) is 13.2 Å². The fourth-order valence-corrected chi connectivity index (χ4v) is 5.69. The lowest BCUT2D eigenvalue weighted by molar-refractivity contribution is 0.185. The molecule has 1 atom stereocenters. The molecule has 0 bridgehead atoms. The first-order chi connectivity index (χ1) is 8.71. The summed E-state index contributed by atoms with van der Waals surface area (Å²) in [4.78, 5) is 0. The van der Waals surface area contributed by atoms with Crippen molar-refractivity contribution in [3.63, 3.8) is 0 Å². The summed E-state index contributed by atoms with van der Waals surface area (Å²) in [5, 5.41) is 1.13. The normalized spacial score (nSPS) is 13.6. The Morgan fingerprint density at radius 3 is 2.06 bits per heavy atom. The van der Waals surface area contributed by atoms with Gasteiger partial charge in [0.15, 0.2) is 0 Å². The first-order valence-corrected chi connectivity index (χ1v) is 8.69. The second kappa shape index (κ2) is 7.69. The molecule has 0 fully saturated rings. The quantitative estimate of drug-likeness (QED) is 0.733. The van der Waals surface area contributed by atoms with Crippen molar-refractivity contribution in [2.75, 3.05) is 13.2 Å². The van der Waals surface area contributed by atoms with Crippen molar-refractivity contribution in [2.45, 2.75) is 39.3 Å². The molecule has 0 saturated carbocycles. The molecular formula is C14H25NO2Si. The fourth-order valence-electron chi connectivity index (χ4n) is 2.24. The first kappa shape index (κ1) is 15.4. The second-order valence-corrected chi connectivity index (χ2v) is 7.53. The molecule has 0 aliphatic carbocycles. The third-order valence-electron chi connectivity index (χ3n) is 2.98. The number of hydrogen-bond acceptors (Lipinski definition) is 3. The number of benzene rings is 1. The van der Waals surface area contributed by atoms with E-state index in [-0.39, 0.29) is 5.67 Å². The molecule has 102 valence electrons. The van der Waals surface area contributed by atoms with Gasteiger partial charge in [0.05, 0.1) is 5.67 Å². The van der Waals surface area contributed by atoms with E-state index in [2.05, 4.69) is 19.1 Å². The van der Waals surface area contributed by atoms with Gasteiger partial charge in [0.1, 0.15) is 0 Å². The Balaban J connectivity index is 3.11. The summed E-state index contributed by atoms with van der Waals surface area (Å²) in [5.41, 5.74) is 6.36. The van der Waals surface area contributed by atoms with Crippen molar-refractivity contribution in [1.82, 2.24) is 0 Å². The summed E-state index contributed by atoms with van der Waals surface area (Å²) in [6.45, 7) is 7.42. The van der Waals surface area contributed by atoms with E-state index in [4.69, 9.17) is 14.6 Å². The summed E-state index contributed by atoms with van der Waals surface area (Å²) >= 11 is 0. The number of hydrogen-bond donors (Lipinski definition) is 1. The molecule has 4 heteroatoms.